The molecular weight excluding hydrogens is 304 g/mol. The van der Waals surface area contributed by atoms with Crippen LogP contribution in [0.2, 0.25) is 0 Å². The van der Waals surface area contributed by atoms with Crippen LogP contribution in [-0.4, -0.2) is 37.7 Å². The molecule has 2 unspecified atom stereocenters. The number of halogens is 1. The molecule has 2 fully saturated rings. The second-order valence-corrected chi connectivity index (χ2v) is 6.44. The number of hydrogen-bond donors (Lipinski definition) is 1. The van der Waals surface area contributed by atoms with E-state index in [4.69, 9.17) is 4.74 Å². The first-order chi connectivity index (χ1) is 9.26. The SMILES string of the molecule is COc1ccc(Br)c(CN2CCC3NCCC3C2)c1. The molecule has 3 rings (SSSR count). The van der Waals surface area contributed by atoms with Crippen molar-refractivity contribution >= 4 is 15.9 Å². The maximum absolute atomic E-state index is 5.32. The lowest BCUT2D eigenvalue weighted by molar-refractivity contribution is 0.155. The lowest BCUT2D eigenvalue weighted by Crippen LogP contribution is -2.43. The number of fused-ring (bicyclic) bond motifs is 1. The van der Waals surface area contributed by atoms with Crippen molar-refractivity contribution in [2.24, 2.45) is 5.92 Å². The fourth-order valence-corrected chi connectivity index (χ4v) is 3.68. The third-order valence-electron chi connectivity index (χ3n) is 4.39. The number of benzene rings is 1. The zero-order valence-electron chi connectivity index (χ0n) is 11.4. The molecule has 1 aromatic rings. The molecule has 0 aliphatic carbocycles. The highest BCUT2D eigenvalue weighted by Gasteiger charge is 2.32. The lowest BCUT2D eigenvalue weighted by Gasteiger charge is -2.35. The molecule has 0 amide bonds. The van der Waals surface area contributed by atoms with Crippen LogP contribution < -0.4 is 10.1 Å². The molecule has 2 heterocycles. The average molecular weight is 325 g/mol. The highest BCUT2D eigenvalue weighted by atomic mass is 79.9. The summed E-state index contributed by atoms with van der Waals surface area (Å²) in [6.45, 7) is 4.63. The minimum atomic E-state index is 0.769. The Kier molecular flexibility index (Phi) is 4.10. The molecule has 0 bridgehead atoms. The van der Waals surface area contributed by atoms with Gasteiger partial charge in [-0.25, -0.2) is 0 Å². The van der Waals surface area contributed by atoms with E-state index in [1.54, 1.807) is 7.11 Å². The standard InChI is InChI=1S/C15H21BrN2O/c1-19-13-2-3-14(16)12(8-13)10-18-7-5-15-11(9-18)4-6-17-15/h2-3,8,11,15,17H,4-7,9-10H2,1H3. The Morgan fingerprint density at radius 1 is 1.42 bits per heavy atom. The molecule has 19 heavy (non-hydrogen) atoms. The minimum absolute atomic E-state index is 0.769. The Morgan fingerprint density at radius 3 is 3.16 bits per heavy atom. The van der Waals surface area contributed by atoms with Crippen LogP contribution in [0.1, 0.15) is 18.4 Å². The van der Waals surface area contributed by atoms with Crippen molar-refractivity contribution in [3.05, 3.63) is 28.2 Å². The Balaban J connectivity index is 1.68. The topological polar surface area (TPSA) is 24.5 Å². The summed E-state index contributed by atoms with van der Waals surface area (Å²) >= 11 is 3.65. The Hall–Kier alpha value is -0.580. The highest BCUT2D eigenvalue weighted by molar-refractivity contribution is 9.10. The molecule has 0 saturated carbocycles. The molecule has 2 atom stereocenters. The predicted molar refractivity (Wildman–Crippen MR) is 80.5 cm³/mol. The molecular formula is C15H21BrN2O. The quantitative estimate of drug-likeness (QED) is 0.925. The molecule has 1 N–H and O–H groups in total. The molecule has 0 spiro atoms. The first-order valence-corrected chi connectivity index (χ1v) is 7.83. The Bertz CT molecular complexity index is 452. The smallest absolute Gasteiger partial charge is 0.119 e. The van der Waals surface area contributed by atoms with Gasteiger partial charge in [-0.15, -0.1) is 0 Å². The van der Waals surface area contributed by atoms with Crippen molar-refractivity contribution < 1.29 is 4.74 Å². The van der Waals surface area contributed by atoms with Gasteiger partial charge in [-0.1, -0.05) is 15.9 Å². The molecule has 0 radical (unpaired) electrons. The maximum atomic E-state index is 5.32. The van der Waals surface area contributed by atoms with Gasteiger partial charge in [-0.05, 0) is 55.6 Å². The summed E-state index contributed by atoms with van der Waals surface area (Å²) in [7, 11) is 1.72. The Morgan fingerprint density at radius 2 is 2.32 bits per heavy atom. The molecule has 2 saturated heterocycles. The number of nitrogens with zero attached hydrogens (tertiary/aromatic N) is 1. The fourth-order valence-electron chi connectivity index (χ4n) is 3.31. The molecule has 3 nitrogen and oxygen atoms in total. The van der Waals surface area contributed by atoms with Gasteiger partial charge >= 0.3 is 0 Å². The van der Waals surface area contributed by atoms with Crippen LogP contribution in [0.25, 0.3) is 0 Å². The van der Waals surface area contributed by atoms with E-state index in [-0.39, 0.29) is 0 Å². The van der Waals surface area contributed by atoms with Gasteiger partial charge in [0.05, 0.1) is 7.11 Å². The molecule has 2 aliphatic heterocycles. The van der Waals surface area contributed by atoms with Crippen LogP contribution in [0.4, 0.5) is 0 Å². The van der Waals surface area contributed by atoms with Gasteiger partial charge in [0, 0.05) is 23.6 Å². The van der Waals surface area contributed by atoms with E-state index in [9.17, 15) is 0 Å². The zero-order valence-corrected chi connectivity index (χ0v) is 12.9. The van der Waals surface area contributed by atoms with Crippen LogP contribution in [0, 0.1) is 5.92 Å². The number of piperidine rings is 1. The number of likely N-dealkylation sites (tertiary alicyclic amines) is 1. The van der Waals surface area contributed by atoms with Crippen molar-refractivity contribution in [3.8, 4) is 5.75 Å². The summed E-state index contributed by atoms with van der Waals surface area (Å²) in [5.74, 6) is 1.79. The van der Waals surface area contributed by atoms with Crippen LogP contribution in [0.3, 0.4) is 0 Å². The third-order valence-corrected chi connectivity index (χ3v) is 5.16. The molecule has 104 valence electrons. The van der Waals surface area contributed by atoms with E-state index in [0.29, 0.717) is 0 Å². The lowest BCUT2D eigenvalue weighted by atomic mass is 9.93. The number of nitrogens with one attached hydrogen (secondary N) is 1. The van der Waals surface area contributed by atoms with Crippen molar-refractivity contribution in [2.75, 3.05) is 26.7 Å². The number of ether oxygens (including phenoxy) is 1. The summed E-state index contributed by atoms with van der Waals surface area (Å²) in [6.07, 6.45) is 2.62. The zero-order chi connectivity index (χ0) is 13.2. The summed E-state index contributed by atoms with van der Waals surface area (Å²) in [5, 5.41) is 3.62. The van der Waals surface area contributed by atoms with E-state index >= 15 is 0 Å². The van der Waals surface area contributed by atoms with Gasteiger partial charge in [0.25, 0.3) is 0 Å². The van der Waals surface area contributed by atoms with E-state index < -0.39 is 0 Å². The van der Waals surface area contributed by atoms with E-state index in [1.807, 2.05) is 6.07 Å². The van der Waals surface area contributed by atoms with Crippen LogP contribution in [0.15, 0.2) is 22.7 Å². The van der Waals surface area contributed by atoms with Crippen LogP contribution in [0.5, 0.6) is 5.75 Å². The normalized spacial score (nSPS) is 27.3. The van der Waals surface area contributed by atoms with Gasteiger partial charge in [0.2, 0.25) is 0 Å². The monoisotopic (exact) mass is 324 g/mol. The maximum Gasteiger partial charge on any atom is 0.119 e. The summed E-state index contributed by atoms with van der Waals surface area (Å²) in [5.41, 5.74) is 1.32. The Labute approximate surface area is 123 Å². The minimum Gasteiger partial charge on any atom is -0.497 e. The van der Waals surface area contributed by atoms with Crippen molar-refractivity contribution in [3.63, 3.8) is 0 Å². The van der Waals surface area contributed by atoms with E-state index in [2.05, 4.69) is 38.3 Å². The fraction of sp³-hybridized carbons (Fsp3) is 0.600. The molecule has 0 aromatic heterocycles. The first kappa shape index (κ1) is 13.4. The number of methoxy groups -OCH3 is 1. The highest BCUT2D eigenvalue weighted by Crippen LogP contribution is 2.28. The largest absolute Gasteiger partial charge is 0.497 e. The van der Waals surface area contributed by atoms with E-state index in [0.717, 1.165) is 24.3 Å². The van der Waals surface area contributed by atoms with E-state index in [1.165, 1.54) is 42.5 Å². The van der Waals surface area contributed by atoms with Crippen LogP contribution >= 0.6 is 15.9 Å². The predicted octanol–water partition coefficient (Wildman–Crippen LogP) is 2.64. The molecule has 2 aliphatic rings. The first-order valence-electron chi connectivity index (χ1n) is 7.04. The van der Waals surface area contributed by atoms with Crippen LogP contribution in [-0.2, 0) is 6.54 Å². The van der Waals surface area contributed by atoms with Gasteiger partial charge in [-0.3, -0.25) is 4.90 Å². The van der Waals surface area contributed by atoms with Crippen molar-refractivity contribution in [1.29, 1.82) is 0 Å². The van der Waals surface area contributed by atoms with Gasteiger partial charge in [0.1, 0.15) is 5.75 Å². The summed E-state index contributed by atoms with van der Waals surface area (Å²) < 4.78 is 6.50. The van der Waals surface area contributed by atoms with Gasteiger partial charge in [-0.2, -0.15) is 0 Å². The molecule has 4 heteroatoms. The summed E-state index contributed by atoms with van der Waals surface area (Å²) in [4.78, 5) is 2.58. The third kappa shape index (κ3) is 2.96. The molecule has 1 aromatic carbocycles. The van der Waals surface area contributed by atoms with Crippen molar-refractivity contribution in [1.82, 2.24) is 10.2 Å². The van der Waals surface area contributed by atoms with Gasteiger partial charge < -0.3 is 10.1 Å². The van der Waals surface area contributed by atoms with Crippen molar-refractivity contribution in [2.45, 2.75) is 25.4 Å². The number of rotatable bonds is 3. The van der Waals surface area contributed by atoms with Gasteiger partial charge in [0.15, 0.2) is 0 Å². The number of hydrogen-bond acceptors (Lipinski definition) is 3. The average Bonchev–Trinajstić information content (AvgIpc) is 2.89. The second-order valence-electron chi connectivity index (χ2n) is 5.59. The second kappa shape index (κ2) is 5.81. The summed E-state index contributed by atoms with van der Waals surface area (Å²) in [6, 6.07) is 6.99.